The molecule has 2 nitrogen and oxygen atoms in total. The number of hydrogen-bond acceptors (Lipinski definition) is 1. The molecule has 0 amide bonds. The number of aromatic amines is 1. The van der Waals surface area contributed by atoms with Crippen molar-refractivity contribution in [1.82, 2.24) is 4.98 Å². The third kappa shape index (κ3) is 1.90. The van der Waals surface area contributed by atoms with Crippen LogP contribution in [0.1, 0.15) is 21.5 Å². The number of ketones is 1. The average Bonchev–Trinajstić information content (AvgIpc) is 2.86. The zero-order valence-electron chi connectivity index (χ0n) is 10.7. The van der Waals surface area contributed by atoms with Gasteiger partial charge in [0.15, 0.2) is 5.78 Å². The van der Waals surface area contributed by atoms with E-state index in [4.69, 9.17) is 0 Å². The second-order valence-corrected chi connectivity index (χ2v) is 4.66. The van der Waals surface area contributed by atoms with Gasteiger partial charge in [-0.3, -0.25) is 4.79 Å². The third-order valence-corrected chi connectivity index (χ3v) is 3.33. The number of benzene rings is 2. The standard InChI is InChI=1S/C16H11F2NO/c1-9-5-6-10(7-13(9)18)16(20)11-8-19-14-4-2-3-12(17)15(11)14/h2-8,19H,1H3. The Morgan fingerprint density at radius 1 is 1.10 bits per heavy atom. The van der Waals surface area contributed by atoms with Gasteiger partial charge in [-0.05, 0) is 30.7 Å². The van der Waals surface area contributed by atoms with Gasteiger partial charge in [0.25, 0.3) is 0 Å². The first-order valence-corrected chi connectivity index (χ1v) is 6.14. The number of H-pyrrole nitrogens is 1. The van der Waals surface area contributed by atoms with E-state index in [2.05, 4.69) is 4.98 Å². The molecule has 0 saturated carbocycles. The normalized spacial score (nSPS) is 10.9. The summed E-state index contributed by atoms with van der Waals surface area (Å²) in [6, 6.07) is 8.80. The molecule has 0 aliphatic heterocycles. The van der Waals surface area contributed by atoms with Crippen LogP contribution in [0.5, 0.6) is 0 Å². The number of aryl methyl sites for hydroxylation is 1. The summed E-state index contributed by atoms with van der Waals surface area (Å²) in [5.74, 6) is -1.32. The molecular weight excluding hydrogens is 260 g/mol. The molecule has 3 aromatic rings. The summed E-state index contributed by atoms with van der Waals surface area (Å²) in [5, 5.41) is 0.235. The first-order chi connectivity index (χ1) is 9.58. The van der Waals surface area contributed by atoms with E-state index in [1.807, 2.05) is 0 Å². The molecule has 0 saturated heterocycles. The molecule has 1 heterocycles. The van der Waals surface area contributed by atoms with Crippen molar-refractivity contribution in [2.45, 2.75) is 6.92 Å². The van der Waals surface area contributed by atoms with Crippen LogP contribution in [0, 0.1) is 18.6 Å². The summed E-state index contributed by atoms with van der Waals surface area (Å²) >= 11 is 0. The Morgan fingerprint density at radius 3 is 2.65 bits per heavy atom. The number of nitrogens with one attached hydrogen (secondary N) is 1. The minimum atomic E-state index is -0.473. The first-order valence-electron chi connectivity index (χ1n) is 6.14. The second kappa shape index (κ2) is 4.56. The summed E-state index contributed by atoms with van der Waals surface area (Å²) in [6.07, 6.45) is 1.45. The molecule has 4 heteroatoms. The number of hydrogen-bond donors (Lipinski definition) is 1. The summed E-state index contributed by atoms with van der Waals surface area (Å²) in [5.41, 5.74) is 1.42. The van der Waals surface area contributed by atoms with Crippen LogP contribution in [0.3, 0.4) is 0 Å². The molecule has 0 unspecified atom stereocenters. The Kier molecular flexibility index (Phi) is 2.86. The summed E-state index contributed by atoms with van der Waals surface area (Å²) < 4.78 is 27.4. The van der Waals surface area contributed by atoms with Crippen LogP contribution in [-0.4, -0.2) is 10.8 Å². The molecule has 0 atom stereocenters. The van der Waals surface area contributed by atoms with Crippen molar-refractivity contribution in [3.8, 4) is 0 Å². The van der Waals surface area contributed by atoms with Gasteiger partial charge in [-0.15, -0.1) is 0 Å². The fourth-order valence-electron chi connectivity index (χ4n) is 2.21. The summed E-state index contributed by atoms with van der Waals surface area (Å²) in [6.45, 7) is 1.62. The largest absolute Gasteiger partial charge is 0.360 e. The fourth-order valence-corrected chi connectivity index (χ4v) is 2.21. The maximum Gasteiger partial charge on any atom is 0.195 e. The Balaban J connectivity index is 2.15. The van der Waals surface area contributed by atoms with Crippen LogP contribution in [0.25, 0.3) is 10.9 Å². The Morgan fingerprint density at radius 2 is 1.90 bits per heavy atom. The highest BCUT2D eigenvalue weighted by Gasteiger charge is 2.17. The van der Waals surface area contributed by atoms with E-state index in [0.717, 1.165) is 0 Å². The van der Waals surface area contributed by atoms with E-state index >= 15 is 0 Å². The quantitative estimate of drug-likeness (QED) is 0.702. The molecule has 0 aliphatic carbocycles. The molecule has 1 N–H and O–H groups in total. The smallest absolute Gasteiger partial charge is 0.195 e. The Hall–Kier alpha value is -2.49. The second-order valence-electron chi connectivity index (χ2n) is 4.66. The van der Waals surface area contributed by atoms with Gasteiger partial charge in [0.05, 0.1) is 5.56 Å². The Bertz CT molecular complexity index is 820. The number of carbonyl (C=O) groups is 1. The monoisotopic (exact) mass is 271 g/mol. The van der Waals surface area contributed by atoms with E-state index in [-0.39, 0.29) is 16.5 Å². The third-order valence-electron chi connectivity index (χ3n) is 3.33. The van der Waals surface area contributed by atoms with Crippen LogP contribution < -0.4 is 0 Å². The van der Waals surface area contributed by atoms with Gasteiger partial charge in [0.2, 0.25) is 0 Å². The van der Waals surface area contributed by atoms with Crippen molar-refractivity contribution < 1.29 is 13.6 Å². The van der Waals surface area contributed by atoms with Gasteiger partial charge in [-0.25, -0.2) is 8.78 Å². The van der Waals surface area contributed by atoms with E-state index in [0.29, 0.717) is 11.1 Å². The van der Waals surface area contributed by atoms with Gasteiger partial charge < -0.3 is 4.98 Å². The maximum atomic E-state index is 13.9. The highest BCUT2D eigenvalue weighted by molar-refractivity contribution is 6.16. The number of aromatic nitrogens is 1. The minimum Gasteiger partial charge on any atom is -0.360 e. The van der Waals surface area contributed by atoms with Crippen molar-refractivity contribution in [2.24, 2.45) is 0 Å². The predicted octanol–water partition coefficient (Wildman–Crippen LogP) is 3.99. The molecule has 100 valence electrons. The lowest BCUT2D eigenvalue weighted by atomic mass is 10.0. The Labute approximate surface area is 114 Å². The number of carbonyl (C=O) groups excluding carboxylic acids is 1. The van der Waals surface area contributed by atoms with Crippen LogP contribution in [0.4, 0.5) is 8.78 Å². The highest BCUT2D eigenvalue weighted by Crippen LogP contribution is 2.24. The molecule has 0 radical (unpaired) electrons. The molecule has 1 aromatic heterocycles. The molecule has 0 spiro atoms. The van der Waals surface area contributed by atoms with Crippen molar-refractivity contribution in [3.05, 3.63) is 70.9 Å². The molecule has 2 aromatic carbocycles. The van der Waals surface area contributed by atoms with E-state index in [1.165, 1.54) is 24.4 Å². The van der Waals surface area contributed by atoms with Gasteiger partial charge in [0.1, 0.15) is 11.6 Å². The van der Waals surface area contributed by atoms with Crippen LogP contribution in [-0.2, 0) is 0 Å². The van der Waals surface area contributed by atoms with Gasteiger partial charge in [0, 0.05) is 22.7 Å². The maximum absolute atomic E-state index is 13.9. The number of rotatable bonds is 2. The molecule has 20 heavy (non-hydrogen) atoms. The summed E-state index contributed by atoms with van der Waals surface area (Å²) in [7, 11) is 0. The highest BCUT2D eigenvalue weighted by atomic mass is 19.1. The van der Waals surface area contributed by atoms with E-state index in [1.54, 1.807) is 25.1 Å². The first kappa shape index (κ1) is 12.5. The predicted molar refractivity (Wildman–Crippen MR) is 72.8 cm³/mol. The molecular formula is C16H11F2NO. The topological polar surface area (TPSA) is 32.9 Å². The SMILES string of the molecule is Cc1ccc(C(=O)c2c[nH]c3cccc(F)c23)cc1F. The van der Waals surface area contributed by atoms with E-state index < -0.39 is 17.4 Å². The van der Waals surface area contributed by atoms with E-state index in [9.17, 15) is 13.6 Å². The zero-order valence-corrected chi connectivity index (χ0v) is 10.7. The lowest BCUT2D eigenvalue weighted by molar-refractivity contribution is 0.103. The lowest BCUT2D eigenvalue weighted by Gasteiger charge is -2.02. The average molecular weight is 271 g/mol. The van der Waals surface area contributed by atoms with Crippen LogP contribution in [0.15, 0.2) is 42.6 Å². The lowest BCUT2D eigenvalue weighted by Crippen LogP contribution is -2.02. The van der Waals surface area contributed by atoms with Crippen molar-refractivity contribution in [3.63, 3.8) is 0 Å². The number of halogens is 2. The summed E-state index contributed by atoms with van der Waals surface area (Å²) in [4.78, 5) is 15.2. The van der Waals surface area contributed by atoms with Crippen molar-refractivity contribution in [1.29, 1.82) is 0 Å². The molecule has 3 rings (SSSR count). The molecule has 0 fully saturated rings. The molecule has 0 aliphatic rings. The van der Waals surface area contributed by atoms with Crippen LogP contribution in [0.2, 0.25) is 0 Å². The van der Waals surface area contributed by atoms with Crippen molar-refractivity contribution in [2.75, 3.05) is 0 Å². The van der Waals surface area contributed by atoms with Crippen LogP contribution >= 0.6 is 0 Å². The van der Waals surface area contributed by atoms with Gasteiger partial charge in [-0.2, -0.15) is 0 Å². The number of fused-ring (bicyclic) bond motifs is 1. The van der Waals surface area contributed by atoms with Gasteiger partial charge in [-0.1, -0.05) is 18.2 Å². The van der Waals surface area contributed by atoms with Gasteiger partial charge >= 0.3 is 0 Å². The van der Waals surface area contributed by atoms with Crippen molar-refractivity contribution >= 4 is 16.7 Å². The molecule has 0 bridgehead atoms. The minimum absolute atomic E-state index is 0.206. The fraction of sp³-hybridized carbons (Fsp3) is 0.0625. The zero-order chi connectivity index (χ0) is 14.3.